The molecule has 0 fully saturated rings. The second kappa shape index (κ2) is 5.44. The summed E-state index contributed by atoms with van der Waals surface area (Å²) in [5, 5.41) is 3.33. The molecular formula is C8H10N6O2S2. The Bertz CT molecular complexity index is 546. The Balaban J connectivity index is 2.15. The Labute approximate surface area is 111 Å². The monoisotopic (exact) mass is 286 g/mol. The summed E-state index contributed by atoms with van der Waals surface area (Å²) < 4.78 is 24.5. The standard InChI is InChI=1S/C8H10N6O2S2/c9-6-5-7(11-4-10-6)14(8(17)13-5)3-1-2-12-18(15)16/h3-4,12H,1-2H2,(H3-,9,10,11,13,15,16,17). The summed E-state index contributed by atoms with van der Waals surface area (Å²) in [4.78, 5) is 7.93. The number of nitrogens with zero attached hydrogens (tertiary/aromatic N) is 3. The van der Waals surface area contributed by atoms with E-state index in [9.17, 15) is 8.76 Å². The number of anilines is 2. The van der Waals surface area contributed by atoms with E-state index in [1.165, 1.54) is 6.33 Å². The minimum atomic E-state index is -2.26. The van der Waals surface area contributed by atoms with Gasteiger partial charge in [0.1, 0.15) is 0 Å². The molecule has 0 radical (unpaired) electrons. The summed E-state index contributed by atoms with van der Waals surface area (Å²) >= 11 is 2.87. The van der Waals surface area contributed by atoms with E-state index in [1.54, 1.807) is 10.8 Å². The summed E-state index contributed by atoms with van der Waals surface area (Å²) in [6.45, 7) is 0.283. The first-order valence-electron chi connectivity index (χ1n) is 4.96. The van der Waals surface area contributed by atoms with Gasteiger partial charge in [-0.25, -0.2) is 4.72 Å². The fourth-order valence-electron chi connectivity index (χ4n) is 1.46. The molecule has 1 atom stereocenters. The lowest BCUT2D eigenvalue weighted by molar-refractivity contribution is -0.295. The van der Waals surface area contributed by atoms with Gasteiger partial charge in [-0.2, -0.15) is 9.56 Å². The van der Waals surface area contributed by atoms with Gasteiger partial charge in [0.15, 0.2) is 12.1 Å². The van der Waals surface area contributed by atoms with Gasteiger partial charge in [-0.3, -0.25) is 9.53 Å². The number of aromatic nitrogens is 2. The van der Waals surface area contributed by atoms with Crippen LogP contribution >= 0.6 is 12.2 Å². The molecule has 0 bridgehead atoms. The van der Waals surface area contributed by atoms with Crippen LogP contribution in [0.5, 0.6) is 0 Å². The van der Waals surface area contributed by atoms with Crippen molar-refractivity contribution in [3.8, 4) is 0 Å². The number of rotatable bonds is 4. The first-order chi connectivity index (χ1) is 8.59. The molecule has 0 saturated heterocycles. The number of nitrogen functional groups attached to an aromatic ring is 1. The zero-order chi connectivity index (χ0) is 13.1. The molecule has 1 aliphatic rings. The van der Waals surface area contributed by atoms with Crippen molar-refractivity contribution in [2.24, 2.45) is 0 Å². The van der Waals surface area contributed by atoms with Crippen molar-refractivity contribution in [2.45, 2.75) is 6.42 Å². The number of fused-ring (bicyclic) bond motifs is 1. The van der Waals surface area contributed by atoms with E-state index >= 15 is 0 Å². The third-order valence-electron chi connectivity index (χ3n) is 2.21. The third-order valence-corrected chi connectivity index (χ3v) is 2.95. The molecule has 0 saturated carbocycles. The first-order valence-corrected chi connectivity index (χ1v) is 6.44. The highest BCUT2D eigenvalue weighted by atomic mass is 32.2. The van der Waals surface area contributed by atoms with Crippen LogP contribution in [0.3, 0.4) is 0 Å². The normalized spacial score (nSPS) is 17.6. The summed E-state index contributed by atoms with van der Waals surface area (Å²) in [7, 11) is 0. The van der Waals surface area contributed by atoms with E-state index in [1.807, 2.05) is 0 Å². The number of nitrogens with two attached hydrogens (primary N) is 1. The summed E-state index contributed by atoms with van der Waals surface area (Å²) in [5.41, 5.74) is 6.25. The van der Waals surface area contributed by atoms with E-state index in [2.05, 4.69) is 20.0 Å². The Morgan fingerprint density at radius 3 is 3.17 bits per heavy atom. The van der Waals surface area contributed by atoms with Crippen molar-refractivity contribution in [2.75, 3.05) is 17.6 Å². The quantitative estimate of drug-likeness (QED) is 0.288. The fourth-order valence-corrected chi connectivity index (χ4v) is 2.01. The van der Waals surface area contributed by atoms with E-state index < -0.39 is 11.3 Å². The van der Waals surface area contributed by atoms with Gasteiger partial charge >= 0.3 is 5.82 Å². The Kier molecular flexibility index (Phi) is 3.91. The molecule has 4 N–H and O–H groups in total. The molecule has 1 aromatic heterocycles. The topological polar surface area (TPSA) is 119 Å². The lowest BCUT2D eigenvalue weighted by atomic mass is 10.4. The average molecular weight is 286 g/mol. The molecular weight excluding hydrogens is 276 g/mol. The van der Waals surface area contributed by atoms with Crippen LogP contribution in [0.15, 0.2) is 6.33 Å². The van der Waals surface area contributed by atoms with E-state index in [4.69, 9.17) is 18.0 Å². The zero-order valence-electron chi connectivity index (χ0n) is 9.12. The predicted molar refractivity (Wildman–Crippen MR) is 70.2 cm³/mol. The van der Waals surface area contributed by atoms with Gasteiger partial charge in [-0.15, -0.1) is 0 Å². The van der Waals surface area contributed by atoms with Crippen molar-refractivity contribution in [1.29, 1.82) is 0 Å². The molecule has 96 valence electrons. The lowest BCUT2D eigenvalue weighted by Crippen LogP contribution is -2.21. The lowest BCUT2D eigenvalue weighted by Gasteiger charge is -2.04. The van der Waals surface area contributed by atoms with Crippen molar-refractivity contribution in [3.05, 3.63) is 6.33 Å². The molecule has 0 aliphatic carbocycles. The highest BCUT2D eigenvalue weighted by molar-refractivity contribution is 7.80. The van der Waals surface area contributed by atoms with Crippen LogP contribution in [0.1, 0.15) is 6.42 Å². The second-order valence-corrected chi connectivity index (χ2v) is 4.50. The van der Waals surface area contributed by atoms with Crippen LogP contribution < -0.4 is 15.8 Å². The molecule has 1 aliphatic heterocycles. The highest BCUT2D eigenvalue weighted by Crippen LogP contribution is 2.31. The molecule has 2 rings (SSSR count). The van der Waals surface area contributed by atoms with Crippen molar-refractivity contribution < 1.29 is 13.3 Å². The highest BCUT2D eigenvalue weighted by Gasteiger charge is 2.31. The molecule has 1 aromatic rings. The van der Waals surface area contributed by atoms with Gasteiger partial charge in [-0.05, 0) is 12.2 Å². The predicted octanol–water partition coefficient (Wildman–Crippen LogP) is -0.742. The van der Waals surface area contributed by atoms with Gasteiger partial charge in [0.25, 0.3) is 5.11 Å². The largest absolute Gasteiger partial charge is 0.760 e. The number of thiocarbonyl (C=S) groups is 1. The summed E-state index contributed by atoms with van der Waals surface area (Å²) in [5.74, 6) is 0.882. The third kappa shape index (κ3) is 2.67. The minimum absolute atomic E-state index is 0.283. The second-order valence-electron chi connectivity index (χ2n) is 3.36. The molecule has 0 spiro atoms. The van der Waals surface area contributed by atoms with Crippen LogP contribution in [0.4, 0.5) is 17.3 Å². The molecule has 2 heterocycles. The van der Waals surface area contributed by atoms with Gasteiger partial charge in [0.05, 0.1) is 6.21 Å². The smallest absolute Gasteiger partial charge is 0.312 e. The Morgan fingerprint density at radius 2 is 2.44 bits per heavy atom. The van der Waals surface area contributed by atoms with Crippen LogP contribution in [-0.4, -0.2) is 41.2 Å². The summed E-state index contributed by atoms with van der Waals surface area (Å²) in [6.07, 6.45) is 3.54. The van der Waals surface area contributed by atoms with Crippen molar-refractivity contribution >= 4 is 52.1 Å². The van der Waals surface area contributed by atoms with Crippen LogP contribution in [0.2, 0.25) is 0 Å². The van der Waals surface area contributed by atoms with Gasteiger partial charge in [0, 0.05) is 24.2 Å². The minimum Gasteiger partial charge on any atom is -0.760 e. The van der Waals surface area contributed by atoms with Gasteiger partial charge in [0.2, 0.25) is 5.69 Å². The number of nitrogens with one attached hydrogen (secondary N) is 2. The van der Waals surface area contributed by atoms with Crippen molar-refractivity contribution in [3.63, 3.8) is 0 Å². The maximum atomic E-state index is 10.3. The van der Waals surface area contributed by atoms with E-state index in [-0.39, 0.29) is 6.54 Å². The number of hydrogen-bond donors (Lipinski definition) is 3. The molecule has 1 unspecified atom stereocenters. The molecule has 8 nitrogen and oxygen atoms in total. The van der Waals surface area contributed by atoms with E-state index in [0.717, 1.165) is 0 Å². The maximum absolute atomic E-state index is 10.3. The molecule has 10 heteroatoms. The Morgan fingerprint density at radius 1 is 1.67 bits per heavy atom. The zero-order valence-corrected chi connectivity index (χ0v) is 10.8. The van der Waals surface area contributed by atoms with Crippen molar-refractivity contribution in [1.82, 2.24) is 14.7 Å². The Hall–Kier alpha value is -1.49. The van der Waals surface area contributed by atoms with Crippen LogP contribution in [0, 0.1) is 0 Å². The van der Waals surface area contributed by atoms with Gasteiger partial charge < -0.3 is 10.3 Å². The maximum Gasteiger partial charge on any atom is 0.312 e. The molecule has 0 amide bonds. The van der Waals surface area contributed by atoms with Gasteiger partial charge in [-0.1, -0.05) is 4.98 Å². The summed E-state index contributed by atoms with van der Waals surface area (Å²) in [6, 6.07) is 0. The van der Waals surface area contributed by atoms with Crippen LogP contribution in [-0.2, 0) is 11.3 Å². The average Bonchev–Trinajstić information content (AvgIpc) is 2.63. The number of hydrogen-bond acceptors (Lipinski definition) is 6. The first kappa shape index (κ1) is 13.0. The fraction of sp³-hybridized carbons (Fsp3) is 0.250. The molecule has 18 heavy (non-hydrogen) atoms. The SMILES string of the molecule is Nc1ncnc2c1NC(=S)[N+]2=CCCNS(=O)[O-]. The van der Waals surface area contributed by atoms with E-state index in [0.29, 0.717) is 28.9 Å². The van der Waals surface area contributed by atoms with Crippen LogP contribution in [0.25, 0.3) is 0 Å². The molecule has 0 aromatic carbocycles.